The highest BCUT2D eigenvalue weighted by Crippen LogP contribution is 2.32. The summed E-state index contributed by atoms with van der Waals surface area (Å²) >= 11 is 0. The average molecular weight is 244 g/mol. The maximum absolute atomic E-state index is 3.87. The van der Waals surface area contributed by atoms with Crippen LogP contribution in [0.15, 0.2) is 36.9 Å². The van der Waals surface area contributed by atoms with Gasteiger partial charge in [-0.3, -0.25) is 4.90 Å². The summed E-state index contributed by atoms with van der Waals surface area (Å²) in [5.74, 6) is 0.643. The Labute approximate surface area is 111 Å². The van der Waals surface area contributed by atoms with Crippen molar-refractivity contribution in [2.75, 3.05) is 25.0 Å². The molecule has 0 radical (unpaired) electrons. The van der Waals surface area contributed by atoms with Crippen LogP contribution in [0.2, 0.25) is 0 Å². The van der Waals surface area contributed by atoms with Gasteiger partial charge in [-0.05, 0) is 31.9 Å². The maximum atomic E-state index is 3.87. The van der Waals surface area contributed by atoms with Crippen molar-refractivity contribution >= 4 is 5.69 Å². The molecule has 1 aromatic rings. The van der Waals surface area contributed by atoms with Crippen molar-refractivity contribution in [3.05, 3.63) is 42.5 Å². The fourth-order valence-corrected chi connectivity index (χ4v) is 2.69. The summed E-state index contributed by atoms with van der Waals surface area (Å²) in [6.45, 7) is 11.6. The summed E-state index contributed by atoms with van der Waals surface area (Å²) in [5, 5.41) is 3.49. The average Bonchev–Trinajstić information content (AvgIpc) is 2.38. The molecular weight excluding hydrogens is 220 g/mol. The first-order valence-electron chi connectivity index (χ1n) is 6.90. The first-order chi connectivity index (χ1) is 8.72. The van der Waals surface area contributed by atoms with Crippen LogP contribution in [0.3, 0.4) is 0 Å². The lowest BCUT2D eigenvalue weighted by Gasteiger charge is -2.33. The number of anilines is 1. The Balaban J connectivity index is 2.12. The zero-order chi connectivity index (χ0) is 13.0. The van der Waals surface area contributed by atoms with E-state index in [0.717, 1.165) is 19.6 Å². The first-order valence-corrected chi connectivity index (χ1v) is 6.90. The topological polar surface area (TPSA) is 15.3 Å². The van der Waals surface area contributed by atoms with Gasteiger partial charge in [0.05, 0.1) is 0 Å². The Morgan fingerprint density at radius 3 is 2.94 bits per heavy atom. The smallest absolute Gasteiger partial charge is 0.0376 e. The van der Waals surface area contributed by atoms with Crippen LogP contribution < -0.4 is 5.32 Å². The molecule has 18 heavy (non-hydrogen) atoms. The van der Waals surface area contributed by atoms with Crippen LogP contribution in [0.25, 0.3) is 0 Å². The largest absolute Gasteiger partial charge is 0.385 e. The molecule has 0 aromatic heterocycles. The zero-order valence-corrected chi connectivity index (χ0v) is 11.5. The molecule has 98 valence electrons. The monoisotopic (exact) mass is 244 g/mol. The summed E-state index contributed by atoms with van der Waals surface area (Å²) in [6, 6.07) is 9.28. The molecule has 1 heterocycles. The number of nitrogens with zero attached hydrogens (tertiary/aromatic N) is 1. The van der Waals surface area contributed by atoms with E-state index < -0.39 is 0 Å². The van der Waals surface area contributed by atoms with E-state index in [1.54, 1.807) is 0 Å². The maximum Gasteiger partial charge on any atom is 0.0376 e. The van der Waals surface area contributed by atoms with Gasteiger partial charge in [-0.15, -0.1) is 6.58 Å². The van der Waals surface area contributed by atoms with Crippen molar-refractivity contribution in [2.45, 2.75) is 32.2 Å². The molecule has 0 fully saturated rings. The van der Waals surface area contributed by atoms with E-state index in [4.69, 9.17) is 0 Å². The van der Waals surface area contributed by atoms with E-state index in [9.17, 15) is 0 Å². The number of rotatable bonds is 5. The number of benzene rings is 1. The molecule has 1 aliphatic rings. The summed E-state index contributed by atoms with van der Waals surface area (Å²) in [6.07, 6.45) is 3.23. The van der Waals surface area contributed by atoms with Gasteiger partial charge in [0.1, 0.15) is 0 Å². The highest BCUT2D eigenvalue weighted by atomic mass is 15.1. The van der Waals surface area contributed by atoms with Gasteiger partial charge in [-0.2, -0.15) is 0 Å². The number of para-hydroxylation sites is 1. The van der Waals surface area contributed by atoms with E-state index >= 15 is 0 Å². The van der Waals surface area contributed by atoms with Gasteiger partial charge in [0.2, 0.25) is 0 Å². The Hall–Kier alpha value is -1.28. The van der Waals surface area contributed by atoms with Gasteiger partial charge >= 0.3 is 0 Å². The molecule has 1 N–H and O–H groups in total. The summed E-state index contributed by atoms with van der Waals surface area (Å²) in [5.41, 5.74) is 2.79. The van der Waals surface area contributed by atoms with Crippen molar-refractivity contribution < 1.29 is 0 Å². The lowest BCUT2D eigenvalue weighted by atomic mass is 9.90. The quantitative estimate of drug-likeness (QED) is 0.798. The third-order valence-corrected chi connectivity index (χ3v) is 3.76. The van der Waals surface area contributed by atoms with Crippen LogP contribution in [0.5, 0.6) is 0 Å². The fraction of sp³-hybridized carbons (Fsp3) is 0.500. The Morgan fingerprint density at radius 2 is 2.22 bits per heavy atom. The number of hydrogen-bond acceptors (Lipinski definition) is 2. The van der Waals surface area contributed by atoms with Crippen LogP contribution in [-0.4, -0.2) is 30.6 Å². The SMILES string of the molecule is C=CCN(CC1CCNc2ccccc21)C(C)C. The Kier molecular flexibility index (Phi) is 4.43. The fourth-order valence-electron chi connectivity index (χ4n) is 2.69. The Morgan fingerprint density at radius 1 is 1.44 bits per heavy atom. The third kappa shape index (κ3) is 2.94. The lowest BCUT2D eigenvalue weighted by molar-refractivity contribution is 0.227. The second-order valence-corrected chi connectivity index (χ2v) is 5.34. The molecule has 1 atom stereocenters. The van der Waals surface area contributed by atoms with E-state index in [0.29, 0.717) is 12.0 Å². The molecule has 0 spiro atoms. The highest BCUT2D eigenvalue weighted by molar-refractivity contribution is 5.54. The van der Waals surface area contributed by atoms with Gasteiger partial charge in [0, 0.05) is 37.3 Å². The van der Waals surface area contributed by atoms with Crippen molar-refractivity contribution in [2.24, 2.45) is 0 Å². The van der Waals surface area contributed by atoms with Crippen LogP contribution in [0.4, 0.5) is 5.69 Å². The summed E-state index contributed by atoms with van der Waals surface area (Å²) < 4.78 is 0. The van der Waals surface area contributed by atoms with Gasteiger partial charge in [0.15, 0.2) is 0 Å². The van der Waals surface area contributed by atoms with Crippen molar-refractivity contribution in [3.63, 3.8) is 0 Å². The predicted octanol–water partition coefficient (Wildman–Crippen LogP) is 3.48. The molecule has 1 aliphatic heterocycles. The molecule has 1 unspecified atom stereocenters. The molecule has 0 aliphatic carbocycles. The van der Waals surface area contributed by atoms with Crippen LogP contribution in [0.1, 0.15) is 31.7 Å². The summed E-state index contributed by atoms with van der Waals surface area (Å²) in [4.78, 5) is 2.50. The molecule has 2 nitrogen and oxygen atoms in total. The minimum absolute atomic E-state index is 0.574. The molecule has 0 bridgehead atoms. The van der Waals surface area contributed by atoms with Crippen LogP contribution in [-0.2, 0) is 0 Å². The van der Waals surface area contributed by atoms with Crippen molar-refractivity contribution in [1.29, 1.82) is 0 Å². The lowest BCUT2D eigenvalue weighted by Crippen LogP contribution is -2.36. The van der Waals surface area contributed by atoms with Crippen LogP contribution >= 0.6 is 0 Å². The normalized spacial score (nSPS) is 18.6. The molecule has 0 amide bonds. The zero-order valence-electron chi connectivity index (χ0n) is 11.5. The predicted molar refractivity (Wildman–Crippen MR) is 79.2 cm³/mol. The number of fused-ring (bicyclic) bond motifs is 1. The van der Waals surface area contributed by atoms with Crippen molar-refractivity contribution in [3.8, 4) is 0 Å². The van der Waals surface area contributed by atoms with Crippen LogP contribution in [0, 0.1) is 0 Å². The van der Waals surface area contributed by atoms with Gasteiger partial charge < -0.3 is 5.32 Å². The molecular formula is C16H24N2. The standard InChI is InChI=1S/C16H24N2/c1-4-11-18(13(2)3)12-14-9-10-17-16-8-6-5-7-15(14)16/h4-8,13-14,17H,1,9-12H2,2-3H3. The second kappa shape index (κ2) is 6.05. The van der Waals surface area contributed by atoms with E-state index in [1.165, 1.54) is 17.7 Å². The molecule has 1 aromatic carbocycles. The number of nitrogens with one attached hydrogen (secondary N) is 1. The third-order valence-electron chi connectivity index (χ3n) is 3.76. The van der Waals surface area contributed by atoms with Gasteiger partial charge in [-0.1, -0.05) is 24.3 Å². The first kappa shape index (κ1) is 13.2. The minimum atomic E-state index is 0.574. The second-order valence-electron chi connectivity index (χ2n) is 5.34. The molecule has 2 rings (SSSR count). The minimum Gasteiger partial charge on any atom is -0.385 e. The van der Waals surface area contributed by atoms with Crippen molar-refractivity contribution in [1.82, 2.24) is 4.90 Å². The van der Waals surface area contributed by atoms with E-state index in [2.05, 4.69) is 54.9 Å². The molecule has 0 saturated heterocycles. The summed E-state index contributed by atoms with van der Waals surface area (Å²) in [7, 11) is 0. The Bertz CT molecular complexity index is 398. The van der Waals surface area contributed by atoms with E-state index in [-0.39, 0.29) is 0 Å². The highest BCUT2D eigenvalue weighted by Gasteiger charge is 2.22. The van der Waals surface area contributed by atoms with E-state index in [1.807, 2.05) is 6.08 Å². The molecule has 0 saturated carbocycles. The van der Waals surface area contributed by atoms with Gasteiger partial charge in [0.25, 0.3) is 0 Å². The molecule has 2 heteroatoms. The number of hydrogen-bond donors (Lipinski definition) is 1. The van der Waals surface area contributed by atoms with Gasteiger partial charge in [-0.25, -0.2) is 0 Å².